The van der Waals surface area contributed by atoms with Crippen LogP contribution in [0.25, 0.3) is 55.7 Å². The van der Waals surface area contributed by atoms with Gasteiger partial charge in [0.1, 0.15) is 22.8 Å². The molecule has 0 saturated heterocycles. The second-order valence-electron chi connectivity index (χ2n) is 7.74. The van der Waals surface area contributed by atoms with Crippen molar-refractivity contribution in [1.82, 2.24) is 25.1 Å². The Kier molecular flexibility index (Phi) is 4.40. The van der Waals surface area contributed by atoms with E-state index in [-0.39, 0.29) is 5.82 Å². The molecule has 4 heterocycles. The van der Waals surface area contributed by atoms with Crippen molar-refractivity contribution in [2.75, 3.05) is 7.11 Å². The quantitative estimate of drug-likeness (QED) is 0.357. The lowest BCUT2D eigenvalue weighted by Gasteiger charge is -2.04. The van der Waals surface area contributed by atoms with Crippen LogP contribution in [-0.2, 0) is 0 Å². The number of nitrogens with one attached hydrogen (secondary N) is 2. The lowest BCUT2D eigenvalue weighted by molar-refractivity contribution is 0.413. The monoisotopic (exact) mass is 435 g/mol. The van der Waals surface area contributed by atoms with Crippen molar-refractivity contribution in [2.24, 2.45) is 0 Å². The number of benzene rings is 2. The minimum Gasteiger partial charge on any atom is -0.495 e. The van der Waals surface area contributed by atoms with E-state index in [1.165, 1.54) is 6.07 Å². The summed E-state index contributed by atoms with van der Waals surface area (Å²) in [5.74, 6) is 0.407. The predicted octanol–water partition coefficient (Wildman–Crippen LogP) is 5.98. The minimum absolute atomic E-state index is 0.262. The molecule has 0 bridgehead atoms. The van der Waals surface area contributed by atoms with Gasteiger partial charge in [-0.2, -0.15) is 5.10 Å². The Bertz CT molecular complexity index is 1640. The third kappa shape index (κ3) is 3.30. The summed E-state index contributed by atoms with van der Waals surface area (Å²) in [6.07, 6.45) is 3.41. The Morgan fingerprint density at radius 3 is 2.67 bits per heavy atom. The number of methoxy groups -OCH3 is 1. The molecule has 33 heavy (non-hydrogen) atoms. The second-order valence-corrected chi connectivity index (χ2v) is 7.74. The summed E-state index contributed by atoms with van der Waals surface area (Å²) in [6.45, 7) is 0. The van der Waals surface area contributed by atoms with E-state index >= 15 is 0 Å². The Morgan fingerprint density at radius 1 is 0.879 bits per heavy atom. The van der Waals surface area contributed by atoms with Crippen molar-refractivity contribution in [3.8, 4) is 39.5 Å². The fourth-order valence-electron chi connectivity index (χ4n) is 4.11. The first kappa shape index (κ1) is 19.2. The summed E-state index contributed by atoms with van der Waals surface area (Å²) < 4.78 is 19.1. The number of halogens is 1. The molecule has 0 radical (unpaired) electrons. The molecule has 0 amide bonds. The number of pyridine rings is 2. The van der Waals surface area contributed by atoms with Crippen LogP contribution in [0.3, 0.4) is 0 Å². The summed E-state index contributed by atoms with van der Waals surface area (Å²) in [5, 5.41) is 8.58. The van der Waals surface area contributed by atoms with Gasteiger partial charge in [0, 0.05) is 22.7 Å². The van der Waals surface area contributed by atoms with Gasteiger partial charge in [0.15, 0.2) is 0 Å². The van der Waals surface area contributed by atoms with E-state index < -0.39 is 0 Å². The molecular weight excluding hydrogens is 417 g/mol. The van der Waals surface area contributed by atoms with Gasteiger partial charge in [0.25, 0.3) is 0 Å². The molecule has 7 heteroatoms. The first-order valence-electron chi connectivity index (χ1n) is 10.4. The molecule has 160 valence electrons. The average molecular weight is 435 g/mol. The molecule has 4 aromatic heterocycles. The van der Waals surface area contributed by atoms with E-state index in [4.69, 9.17) is 9.72 Å². The maximum absolute atomic E-state index is 13.8. The maximum atomic E-state index is 13.8. The Hall–Kier alpha value is -4.52. The molecule has 0 saturated carbocycles. The van der Waals surface area contributed by atoms with Gasteiger partial charge in [-0.1, -0.05) is 24.3 Å². The van der Waals surface area contributed by atoms with Gasteiger partial charge in [0.05, 0.1) is 30.2 Å². The molecule has 0 aliphatic heterocycles. The van der Waals surface area contributed by atoms with Crippen molar-refractivity contribution in [1.29, 1.82) is 0 Å². The number of hydrogen-bond acceptors (Lipinski definition) is 4. The van der Waals surface area contributed by atoms with Crippen LogP contribution in [0.5, 0.6) is 5.75 Å². The zero-order valence-electron chi connectivity index (χ0n) is 17.6. The molecule has 2 N–H and O–H groups in total. The van der Waals surface area contributed by atoms with Crippen LogP contribution in [0.4, 0.5) is 4.39 Å². The smallest absolute Gasteiger partial charge is 0.137 e. The van der Waals surface area contributed by atoms with Crippen LogP contribution in [0.2, 0.25) is 0 Å². The van der Waals surface area contributed by atoms with Crippen molar-refractivity contribution in [3.05, 3.63) is 84.9 Å². The highest BCUT2D eigenvalue weighted by Crippen LogP contribution is 2.34. The van der Waals surface area contributed by atoms with Gasteiger partial charge < -0.3 is 9.72 Å². The number of aromatic nitrogens is 5. The highest BCUT2D eigenvalue weighted by atomic mass is 19.1. The molecule has 0 spiro atoms. The highest BCUT2D eigenvalue weighted by Gasteiger charge is 2.15. The minimum atomic E-state index is -0.262. The van der Waals surface area contributed by atoms with Crippen LogP contribution in [0.1, 0.15) is 0 Å². The molecule has 0 unspecified atom stereocenters. The van der Waals surface area contributed by atoms with Crippen LogP contribution in [-0.4, -0.2) is 32.3 Å². The molecular formula is C26H18FN5O. The van der Waals surface area contributed by atoms with E-state index in [0.29, 0.717) is 11.4 Å². The number of nitrogens with zero attached hydrogens (tertiary/aromatic N) is 3. The number of ether oxygens (including phenoxy) is 1. The normalized spacial score (nSPS) is 11.3. The molecule has 0 fully saturated rings. The van der Waals surface area contributed by atoms with E-state index in [0.717, 1.165) is 50.0 Å². The van der Waals surface area contributed by atoms with Gasteiger partial charge in [-0.25, -0.2) is 9.37 Å². The zero-order chi connectivity index (χ0) is 22.4. The summed E-state index contributed by atoms with van der Waals surface area (Å²) in [6, 6.07) is 20.4. The summed E-state index contributed by atoms with van der Waals surface area (Å²) >= 11 is 0. The Labute approximate surface area is 188 Å². The highest BCUT2D eigenvalue weighted by molar-refractivity contribution is 6.00. The van der Waals surface area contributed by atoms with Gasteiger partial charge in [0.2, 0.25) is 0 Å². The van der Waals surface area contributed by atoms with E-state index in [1.54, 1.807) is 31.6 Å². The van der Waals surface area contributed by atoms with Crippen LogP contribution < -0.4 is 4.74 Å². The molecule has 0 aliphatic carbocycles. The average Bonchev–Trinajstić information content (AvgIpc) is 3.47. The SMILES string of the molecule is COc1cncc(-c2ccc3[nH]nc(-c4cc5c(-c6cccc(F)c6)cccc5[nH]4)c3n2)c1. The zero-order valence-corrected chi connectivity index (χ0v) is 17.6. The summed E-state index contributed by atoms with van der Waals surface area (Å²) in [5.41, 5.74) is 7.45. The lowest BCUT2D eigenvalue weighted by Crippen LogP contribution is -1.89. The third-order valence-corrected chi connectivity index (χ3v) is 5.71. The van der Waals surface area contributed by atoms with Crippen LogP contribution in [0, 0.1) is 5.82 Å². The Morgan fingerprint density at radius 2 is 1.79 bits per heavy atom. The molecule has 2 aromatic carbocycles. The number of H-pyrrole nitrogens is 2. The molecule has 0 atom stereocenters. The van der Waals surface area contributed by atoms with Crippen molar-refractivity contribution in [3.63, 3.8) is 0 Å². The van der Waals surface area contributed by atoms with Crippen molar-refractivity contribution < 1.29 is 9.13 Å². The topological polar surface area (TPSA) is 79.5 Å². The first-order valence-corrected chi connectivity index (χ1v) is 10.4. The number of hydrogen-bond donors (Lipinski definition) is 2. The van der Waals surface area contributed by atoms with Gasteiger partial charge in [-0.15, -0.1) is 0 Å². The van der Waals surface area contributed by atoms with Crippen LogP contribution >= 0.6 is 0 Å². The van der Waals surface area contributed by atoms with Gasteiger partial charge in [-0.3, -0.25) is 10.1 Å². The fraction of sp³-hybridized carbons (Fsp3) is 0.0385. The van der Waals surface area contributed by atoms with Crippen molar-refractivity contribution in [2.45, 2.75) is 0 Å². The molecule has 6 rings (SSSR count). The number of rotatable bonds is 4. The molecule has 6 aromatic rings. The maximum Gasteiger partial charge on any atom is 0.137 e. The third-order valence-electron chi connectivity index (χ3n) is 5.71. The van der Waals surface area contributed by atoms with Gasteiger partial charge >= 0.3 is 0 Å². The molecule has 0 aliphatic rings. The summed E-state index contributed by atoms with van der Waals surface area (Å²) in [7, 11) is 1.61. The van der Waals surface area contributed by atoms with E-state index in [9.17, 15) is 4.39 Å². The molecule has 6 nitrogen and oxygen atoms in total. The Balaban J connectivity index is 1.49. The van der Waals surface area contributed by atoms with Crippen molar-refractivity contribution >= 4 is 21.9 Å². The van der Waals surface area contributed by atoms with Gasteiger partial charge in [-0.05, 0) is 53.6 Å². The number of fused-ring (bicyclic) bond motifs is 2. The fourth-order valence-corrected chi connectivity index (χ4v) is 4.11. The number of aromatic amines is 2. The first-order chi connectivity index (χ1) is 16.2. The van der Waals surface area contributed by atoms with Crippen LogP contribution in [0.15, 0.2) is 79.1 Å². The predicted molar refractivity (Wildman–Crippen MR) is 126 cm³/mol. The standard InChI is InChI=1S/C26H18FN5O/c1-33-18-11-16(13-28-14-18)21-8-9-23-25(30-21)26(32-31-23)24-12-20-19(6-3-7-22(20)29-24)15-4-2-5-17(27)10-15/h2-14,29H,1H3,(H,31,32). The van der Waals surface area contributed by atoms with E-state index in [2.05, 4.69) is 20.2 Å². The second kappa shape index (κ2) is 7.56. The lowest BCUT2D eigenvalue weighted by atomic mass is 10.0. The van der Waals surface area contributed by atoms with E-state index in [1.807, 2.05) is 48.5 Å². The largest absolute Gasteiger partial charge is 0.495 e. The summed E-state index contributed by atoms with van der Waals surface area (Å²) in [4.78, 5) is 12.5.